The Labute approximate surface area is 178 Å². The number of hydrogen-bond acceptors (Lipinski definition) is 3. The molecule has 29 heavy (non-hydrogen) atoms. The van der Waals surface area contributed by atoms with Gasteiger partial charge >= 0.3 is 0 Å². The maximum atomic E-state index is 12.2. The number of imidazole rings is 1. The molecular weight excluding hydrogens is 378 g/mol. The Morgan fingerprint density at radius 3 is 2.52 bits per heavy atom. The lowest BCUT2D eigenvalue weighted by atomic mass is 10.1. The summed E-state index contributed by atoms with van der Waals surface area (Å²) >= 11 is 1.47. The van der Waals surface area contributed by atoms with Crippen molar-refractivity contribution < 1.29 is 4.79 Å². The number of benzene rings is 1. The van der Waals surface area contributed by atoms with Crippen molar-refractivity contribution in [1.82, 2.24) is 14.9 Å². The molecule has 0 unspecified atom stereocenters. The lowest BCUT2D eigenvalue weighted by molar-refractivity contribution is 0.0958. The minimum atomic E-state index is 0.00531. The van der Waals surface area contributed by atoms with Crippen LogP contribution in [0.2, 0.25) is 0 Å². The Bertz CT molecular complexity index is 870. The minimum absolute atomic E-state index is 0.00531. The lowest BCUT2D eigenvalue weighted by Gasteiger charge is -2.10. The maximum absolute atomic E-state index is 12.2. The van der Waals surface area contributed by atoms with Crippen molar-refractivity contribution in [2.75, 3.05) is 6.54 Å². The monoisotopic (exact) mass is 411 g/mol. The van der Waals surface area contributed by atoms with E-state index in [4.69, 9.17) is 4.98 Å². The second-order valence-electron chi connectivity index (χ2n) is 7.63. The van der Waals surface area contributed by atoms with Crippen molar-refractivity contribution in [3.63, 3.8) is 0 Å². The molecule has 0 saturated heterocycles. The van der Waals surface area contributed by atoms with Gasteiger partial charge < -0.3 is 9.88 Å². The fraction of sp³-hybridized carbons (Fsp3) is 0.500. The van der Waals surface area contributed by atoms with Gasteiger partial charge in [-0.15, -0.1) is 11.3 Å². The SMILES string of the molecule is CCCCCCCCCCn1c(CCNC(=O)c2cccs2)nc2ccccc21. The number of unbranched alkanes of at least 4 members (excludes halogenated alkanes) is 7. The number of rotatable bonds is 13. The summed E-state index contributed by atoms with van der Waals surface area (Å²) in [7, 11) is 0. The van der Waals surface area contributed by atoms with Crippen molar-refractivity contribution >= 4 is 28.3 Å². The highest BCUT2D eigenvalue weighted by atomic mass is 32.1. The van der Waals surface area contributed by atoms with Crippen molar-refractivity contribution in [3.8, 4) is 0 Å². The van der Waals surface area contributed by atoms with Gasteiger partial charge in [0, 0.05) is 19.5 Å². The molecule has 3 aromatic rings. The number of para-hydroxylation sites is 2. The molecule has 0 aliphatic heterocycles. The number of nitrogens with zero attached hydrogens (tertiary/aromatic N) is 2. The number of fused-ring (bicyclic) bond motifs is 1. The first-order valence-corrected chi connectivity index (χ1v) is 11.9. The van der Waals surface area contributed by atoms with Gasteiger partial charge in [0.2, 0.25) is 0 Å². The van der Waals surface area contributed by atoms with Crippen LogP contribution in [0.5, 0.6) is 0 Å². The highest BCUT2D eigenvalue weighted by molar-refractivity contribution is 7.12. The Morgan fingerprint density at radius 2 is 1.76 bits per heavy atom. The van der Waals surface area contributed by atoms with Gasteiger partial charge in [-0.2, -0.15) is 0 Å². The van der Waals surface area contributed by atoms with E-state index in [0.29, 0.717) is 6.54 Å². The van der Waals surface area contributed by atoms with Gasteiger partial charge in [-0.1, -0.05) is 70.1 Å². The molecule has 3 rings (SSSR count). The molecular formula is C24H33N3OS. The van der Waals surface area contributed by atoms with Crippen LogP contribution < -0.4 is 5.32 Å². The Morgan fingerprint density at radius 1 is 1.00 bits per heavy atom. The Kier molecular flexibility index (Phi) is 8.75. The van der Waals surface area contributed by atoms with Gasteiger partial charge in [0.15, 0.2) is 0 Å². The van der Waals surface area contributed by atoms with Crippen LogP contribution in [-0.4, -0.2) is 22.0 Å². The molecule has 0 saturated carbocycles. The fourth-order valence-corrected chi connectivity index (χ4v) is 4.39. The number of amides is 1. The molecule has 0 atom stereocenters. The Balaban J connectivity index is 1.51. The van der Waals surface area contributed by atoms with Gasteiger partial charge in [0.1, 0.15) is 5.82 Å². The van der Waals surface area contributed by atoms with E-state index >= 15 is 0 Å². The van der Waals surface area contributed by atoms with Crippen molar-refractivity contribution in [2.24, 2.45) is 0 Å². The van der Waals surface area contributed by atoms with Crippen LogP contribution >= 0.6 is 11.3 Å². The number of carbonyl (C=O) groups excluding carboxylic acids is 1. The summed E-state index contributed by atoms with van der Waals surface area (Å²) in [6.07, 6.45) is 11.3. The van der Waals surface area contributed by atoms with E-state index in [0.717, 1.165) is 29.2 Å². The number of aromatic nitrogens is 2. The zero-order chi connectivity index (χ0) is 20.3. The summed E-state index contributed by atoms with van der Waals surface area (Å²) in [5.74, 6) is 1.08. The third-order valence-electron chi connectivity index (χ3n) is 5.35. The predicted octanol–water partition coefficient (Wildman–Crippen LogP) is 6.21. The second-order valence-corrected chi connectivity index (χ2v) is 8.57. The van der Waals surface area contributed by atoms with Gasteiger partial charge in [-0.3, -0.25) is 4.79 Å². The average molecular weight is 412 g/mol. The molecule has 1 N–H and O–H groups in total. The number of aryl methyl sites for hydroxylation is 1. The zero-order valence-corrected chi connectivity index (χ0v) is 18.3. The first-order chi connectivity index (χ1) is 14.3. The van der Waals surface area contributed by atoms with Crippen molar-refractivity contribution in [1.29, 1.82) is 0 Å². The van der Waals surface area contributed by atoms with Crippen LogP contribution in [0.25, 0.3) is 11.0 Å². The topological polar surface area (TPSA) is 46.9 Å². The number of thiophene rings is 1. The summed E-state index contributed by atoms with van der Waals surface area (Å²) in [6, 6.07) is 12.1. The molecule has 5 heteroatoms. The molecule has 0 radical (unpaired) electrons. The fourth-order valence-electron chi connectivity index (χ4n) is 3.75. The van der Waals surface area contributed by atoms with E-state index < -0.39 is 0 Å². The van der Waals surface area contributed by atoms with E-state index in [-0.39, 0.29) is 5.91 Å². The summed E-state index contributed by atoms with van der Waals surface area (Å²) in [5, 5.41) is 4.95. The Hall–Kier alpha value is -2.14. The second kappa shape index (κ2) is 11.8. The van der Waals surface area contributed by atoms with E-state index in [9.17, 15) is 4.79 Å². The van der Waals surface area contributed by atoms with Crippen LogP contribution in [0.15, 0.2) is 41.8 Å². The van der Waals surface area contributed by atoms with Crippen molar-refractivity contribution in [3.05, 3.63) is 52.5 Å². The summed E-state index contributed by atoms with van der Waals surface area (Å²) < 4.78 is 2.35. The molecule has 0 aliphatic rings. The van der Waals surface area contributed by atoms with Gasteiger partial charge in [0.25, 0.3) is 5.91 Å². The molecule has 2 heterocycles. The van der Waals surface area contributed by atoms with Gasteiger partial charge in [-0.25, -0.2) is 4.98 Å². The van der Waals surface area contributed by atoms with Crippen LogP contribution in [0.1, 0.15) is 73.8 Å². The molecule has 156 valence electrons. The minimum Gasteiger partial charge on any atom is -0.351 e. The van der Waals surface area contributed by atoms with Gasteiger partial charge in [-0.05, 0) is 30.0 Å². The number of hydrogen-bond donors (Lipinski definition) is 1. The van der Waals surface area contributed by atoms with Crippen LogP contribution in [0, 0.1) is 0 Å². The molecule has 0 aliphatic carbocycles. The molecule has 0 spiro atoms. The smallest absolute Gasteiger partial charge is 0.261 e. The standard InChI is InChI=1S/C24H33N3OS/c1-2-3-4-5-6-7-8-11-18-27-21-14-10-9-13-20(21)26-23(27)16-17-25-24(28)22-15-12-19-29-22/h9-10,12-15,19H,2-8,11,16-18H2,1H3,(H,25,28). The first kappa shape index (κ1) is 21.6. The first-order valence-electron chi connectivity index (χ1n) is 11.1. The predicted molar refractivity (Wildman–Crippen MR) is 123 cm³/mol. The molecule has 0 fully saturated rings. The molecule has 2 aromatic heterocycles. The lowest BCUT2D eigenvalue weighted by Crippen LogP contribution is -2.25. The summed E-state index contributed by atoms with van der Waals surface area (Å²) in [5.41, 5.74) is 2.25. The van der Waals surface area contributed by atoms with Crippen molar-refractivity contribution in [2.45, 2.75) is 71.3 Å². The third-order valence-corrected chi connectivity index (χ3v) is 6.22. The highest BCUT2D eigenvalue weighted by Crippen LogP contribution is 2.18. The zero-order valence-electron chi connectivity index (χ0n) is 17.5. The molecule has 1 aromatic carbocycles. The van der Waals surface area contributed by atoms with Gasteiger partial charge in [0.05, 0.1) is 15.9 Å². The van der Waals surface area contributed by atoms with E-state index in [2.05, 4.69) is 35.0 Å². The number of nitrogens with one attached hydrogen (secondary N) is 1. The van der Waals surface area contributed by atoms with Crippen LogP contribution in [0.4, 0.5) is 0 Å². The van der Waals surface area contributed by atoms with E-state index in [1.54, 1.807) is 0 Å². The molecule has 4 nitrogen and oxygen atoms in total. The largest absolute Gasteiger partial charge is 0.351 e. The molecule has 1 amide bonds. The maximum Gasteiger partial charge on any atom is 0.261 e. The van der Waals surface area contributed by atoms with E-state index in [1.807, 2.05) is 23.6 Å². The van der Waals surface area contributed by atoms with Crippen LogP contribution in [0.3, 0.4) is 0 Å². The van der Waals surface area contributed by atoms with Crippen LogP contribution in [-0.2, 0) is 13.0 Å². The third kappa shape index (κ3) is 6.43. The summed E-state index contributed by atoms with van der Waals surface area (Å²) in [4.78, 5) is 17.8. The average Bonchev–Trinajstić information content (AvgIpc) is 3.38. The van der Waals surface area contributed by atoms with E-state index in [1.165, 1.54) is 68.2 Å². The highest BCUT2D eigenvalue weighted by Gasteiger charge is 2.11. The summed E-state index contributed by atoms with van der Waals surface area (Å²) in [6.45, 7) is 3.88. The quantitative estimate of drug-likeness (QED) is 0.340. The number of carbonyl (C=O) groups is 1. The normalized spacial score (nSPS) is 11.2. The molecule has 0 bridgehead atoms.